The van der Waals surface area contributed by atoms with Gasteiger partial charge in [-0.3, -0.25) is 0 Å². The van der Waals surface area contributed by atoms with Crippen molar-refractivity contribution in [3.05, 3.63) is 50.2 Å². The molecule has 0 aliphatic carbocycles. The smallest absolute Gasteiger partial charge is 0.336 e. The summed E-state index contributed by atoms with van der Waals surface area (Å²) in [6, 6.07) is 3.21. The number of alkyl halides is 2. The monoisotopic (exact) mass is 443 g/mol. The Morgan fingerprint density at radius 1 is 1.26 bits per heavy atom. The third-order valence-electron chi connectivity index (χ3n) is 4.58. The summed E-state index contributed by atoms with van der Waals surface area (Å²) in [5, 5.41) is 42.0. The van der Waals surface area contributed by atoms with Gasteiger partial charge in [0.05, 0.1) is 6.54 Å². The summed E-state index contributed by atoms with van der Waals surface area (Å²) in [7, 11) is 0. The lowest BCUT2D eigenvalue weighted by molar-refractivity contribution is -0.271. The standard InChI is InChI=1S/C17H15F2N3O9/c18-15(19)9-7(29-17-12(26)10(24)11(25)14(31-17)16(27)28)2-1-6-5(4-21-22-20)3-8(23)30-13(6)9/h1-3,10-12,14-15,17,24-26H,4H2,(H,27,28)/t10-,11-,12+,14-,17+/m0/s1. The van der Waals surface area contributed by atoms with Gasteiger partial charge in [0.15, 0.2) is 11.7 Å². The van der Waals surface area contributed by atoms with E-state index >= 15 is 0 Å². The quantitative estimate of drug-likeness (QED) is 0.216. The highest BCUT2D eigenvalue weighted by Gasteiger charge is 2.48. The average molecular weight is 443 g/mol. The highest BCUT2D eigenvalue weighted by atomic mass is 19.3. The van der Waals surface area contributed by atoms with E-state index in [4.69, 9.17) is 24.5 Å². The van der Waals surface area contributed by atoms with E-state index < -0.39 is 65.6 Å². The Balaban J connectivity index is 2.08. The van der Waals surface area contributed by atoms with Crippen LogP contribution in [0.4, 0.5) is 8.78 Å². The minimum Gasteiger partial charge on any atom is -0.479 e. The van der Waals surface area contributed by atoms with Gasteiger partial charge in [-0.2, -0.15) is 0 Å². The number of rotatable bonds is 6. The van der Waals surface area contributed by atoms with E-state index in [0.717, 1.165) is 12.1 Å². The van der Waals surface area contributed by atoms with Gasteiger partial charge in [-0.05, 0) is 23.2 Å². The van der Waals surface area contributed by atoms with Crippen LogP contribution < -0.4 is 10.4 Å². The van der Waals surface area contributed by atoms with Crippen LogP contribution >= 0.6 is 0 Å². The number of ether oxygens (including phenoxy) is 2. The van der Waals surface area contributed by atoms with E-state index in [1.807, 2.05) is 0 Å². The van der Waals surface area contributed by atoms with Gasteiger partial charge in [0.1, 0.15) is 29.6 Å². The van der Waals surface area contributed by atoms with E-state index in [0.29, 0.717) is 0 Å². The first kappa shape index (κ1) is 22.4. The Morgan fingerprint density at radius 2 is 1.97 bits per heavy atom. The molecular formula is C17H15F2N3O9. The number of aliphatic hydroxyl groups excluding tert-OH is 3. The second-order valence-electron chi connectivity index (χ2n) is 6.49. The normalized spacial score (nSPS) is 25.9. The first-order chi connectivity index (χ1) is 14.6. The van der Waals surface area contributed by atoms with Crippen LogP contribution in [0, 0.1) is 0 Å². The molecule has 1 aliphatic heterocycles. The minimum absolute atomic E-state index is 0.0265. The lowest BCUT2D eigenvalue weighted by Crippen LogP contribution is -2.61. The van der Waals surface area contributed by atoms with Crippen LogP contribution in [0.15, 0.2) is 32.5 Å². The number of azide groups is 1. The van der Waals surface area contributed by atoms with E-state index in [1.165, 1.54) is 6.07 Å². The number of carbonyl (C=O) groups is 1. The second-order valence-corrected chi connectivity index (χ2v) is 6.49. The zero-order valence-corrected chi connectivity index (χ0v) is 15.3. The number of carboxylic acids is 1. The molecule has 2 aromatic rings. The van der Waals surface area contributed by atoms with Gasteiger partial charge in [-0.25, -0.2) is 18.4 Å². The van der Waals surface area contributed by atoms with Gasteiger partial charge in [-0.15, -0.1) is 0 Å². The summed E-state index contributed by atoms with van der Waals surface area (Å²) < 4.78 is 42.7. The largest absolute Gasteiger partial charge is 0.479 e. The number of aliphatic hydroxyl groups is 3. The summed E-state index contributed by atoms with van der Waals surface area (Å²) in [5.41, 5.74) is 6.07. The number of benzene rings is 1. The molecule has 0 unspecified atom stereocenters. The maximum absolute atomic E-state index is 13.9. The maximum Gasteiger partial charge on any atom is 0.336 e. The van der Waals surface area contributed by atoms with Crippen molar-refractivity contribution >= 4 is 16.9 Å². The molecule has 0 bridgehead atoms. The summed E-state index contributed by atoms with van der Waals surface area (Å²) >= 11 is 0. The highest BCUT2D eigenvalue weighted by Crippen LogP contribution is 2.38. The molecule has 1 aromatic heterocycles. The predicted molar refractivity (Wildman–Crippen MR) is 95.2 cm³/mol. The average Bonchev–Trinajstić information content (AvgIpc) is 2.71. The van der Waals surface area contributed by atoms with E-state index in [2.05, 4.69) is 10.0 Å². The van der Waals surface area contributed by atoms with Gasteiger partial charge in [0.25, 0.3) is 6.43 Å². The van der Waals surface area contributed by atoms with Crippen molar-refractivity contribution in [2.75, 3.05) is 0 Å². The van der Waals surface area contributed by atoms with Crippen molar-refractivity contribution in [3.63, 3.8) is 0 Å². The molecule has 0 spiro atoms. The number of hydrogen-bond acceptors (Lipinski definition) is 9. The van der Waals surface area contributed by atoms with Gasteiger partial charge < -0.3 is 34.3 Å². The van der Waals surface area contributed by atoms with Crippen LogP contribution in [0.5, 0.6) is 5.75 Å². The molecular weight excluding hydrogens is 428 g/mol. The van der Waals surface area contributed by atoms with Crippen molar-refractivity contribution in [3.8, 4) is 5.75 Å². The second kappa shape index (κ2) is 8.83. The van der Waals surface area contributed by atoms with Crippen LogP contribution in [-0.2, 0) is 16.1 Å². The Morgan fingerprint density at radius 3 is 2.58 bits per heavy atom. The molecule has 0 radical (unpaired) electrons. The predicted octanol–water partition coefficient (Wildman–Crippen LogP) is 0.812. The Bertz CT molecular complexity index is 1100. The molecule has 14 heteroatoms. The molecule has 3 rings (SSSR count). The fourth-order valence-corrected chi connectivity index (χ4v) is 3.12. The summed E-state index contributed by atoms with van der Waals surface area (Å²) in [4.78, 5) is 25.5. The third-order valence-corrected chi connectivity index (χ3v) is 4.58. The van der Waals surface area contributed by atoms with Crippen LogP contribution in [-0.4, -0.2) is 57.1 Å². The third kappa shape index (κ3) is 4.28. The van der Waals surface area contributed by atoms with Crippen molar-refractivity contribution in [1.29, 1.82) is 0 Å². The fraction of sp³-hybridized carbons (Fsp3) is 0.412. The molecule has 1 saturated heterocycles. The van der Waals surface area contributed by atoms with Crippen LogP contribution in [0.1, 0.15) is 17.6 Å². The van der Waals surface area contributed by atoms with Gasteiger partial charge in [-0.1, -0.05) is 5.11 Å². The molecule has 12 nitrogen and oxygen atoms in total. The molecule has 5 atom stereocenters. The fourth-order valence-electron chi connectivity index (χ4n) is 3.12. The number of hydrogen-bond donors (Lipinski definition) is 4. The van der Waals surface area contributed by atoms with Crippen LogP contribution in [0.2, 0.25) is 0 Å². The van der Waals surface area contributed by atoms with Crippen molar-refractivity contribution in [2.24, 2.45) is 5.11 Å². The molecule has 2 heterocycles. The Hall–Kier alpha value is -3.29. The number of nitrogens with zero attached hydrogens (tertiary/aromatic N) is 3. The SMILES string of the molecule is [N-]=[N+]=NCc1cc(=O)oc2c(C(F)F)c(O[C@@H]3O[C@H](C(=O)O)[C@@H](O)[C@H](O)[C@H]3O)ccc12. The summed E-state index contributed by atoms with van der Waals surface area (Å²) in [6.07, 6.45) is -13.2. The summed E-state index contributed by atoms with van der Waals surface area (Å²) in [6.45, 7) is -0.323. The first-order valence-corrected chi connectivity index (χ1v) is 8.63. The number of carboxylic acid groups (broad SMARTS) is 1. The highest BCUT2D eigenvalue weighted by molar-refractivity contribution is 5.85. The van der Waals surface area contributed by atoms with Crippen LogP contribution in [0.3, 0.4) is 0 Å². The summed E-state index contributed by atoms with van der Waals surface area (Å²) in [5.74, 6) is -2.32. The molecule has 4 N–H and O–H groups in total. The van der Waals surface area contributed by atoms with Crippen LogP contribution in [0.25, 0.3) is 21.4 Å². The maximum atomic E-state index is 13.9. The van der Waals surface area contributed by atoms with E-state index in [-0.39, 0.29) is 17.5 Å². The molecule has 0 amide bonds. The lowest BCUT2D eigenvalue weighted by Gasteiger charge is -2.38. The Kier molecular flexibility index (Phi) is 6.38. The molecule has 1 fully saturated rings. The number of fused-ring (bicyclic) bond motifs is 1. The Labute approximate surface area is 170 Å². The van der Waals surface area contributed by atoms with Gasteiger partial charge in [0.2, 0.25) is 6.29 Å². The molecule has 166 valence electrons. The first-order valence-electron chi connectivity index (χ1n) is 8.63. The van der Waals surface area contributed by atoms with E-state index in [9.17, 15) is 33.7 Å². The molecule has 1 aliphatic rings. The van der Waals surface area contributed by atoms with Gasteiger partial charge in [0, 0.05) is 16.4 Å². The van der Waals surface area contributed by atoms with Crippen molar-refractivity contribution in [1.82, 2.24) is 0 Å². The van der Waals surface area contributed by atoms with Crippen molar-refractivity contribution < 1.29 is 47.9 Å². The van der Waals surface area contributed by atoms with Gasteiger partial charge >= 0.3 is 11.6 Å². The topological polar surface area (TPSA) is 195 Å². The zero-order chi connectivity index (χ0) is 22.9. The zero-order valence-electron chi connectivity index (χ0n) is 15.3. The number of aliphatic carboxylic acids is 1. The molecule has 1 aromatic carbocycles. The molecule has 0 saturated carbocycles. The van der Waals surface area contributed by atoms with E-state index in [1.54, 1.807) is 0 Å². The molecule has 31 heavy (non-hydrogen) atoms. The van der Waals surface area contributed by atoms with Crippen molar-refractivity contribution in [2.45, 2.75) is 43.7 Å². The number of halogens is 2. The minimum atomic E-state index is -3.26. The lowest BCUT2D eigenvalue weighted by atomic mass is 9.99.